The molecule has 1 aromatic carbocycles. The first-order valence-electron chi connectivity index (χ1n) is 7.29. The molecule has 2 heterocycles. The minimum Gasteiger partial charge on any atom is -0.467 e. The van der Waals surface area contributed by atoms with Crippen molar-refractivity contribution in [3.8, 4) is 0 Å². The molecule has 0 aliphatic carbocycles. The smallest absolute Gasteiger partial charge is 0.254 e. The summed E-state index contributed by atoms with van der Waals surface area (Å²) < 4.78 is 31.8. The van der Waals surface area contributed by atoms with Gasteiger partial charge in [0.05, 0.1) is 12.8 Å². The zero-order chi connectivity index (χ0) is 16.9. The highest BCUT2D eigenvalue weighted by Crippen LogP contribution is 2.16. The van der Waals surface area contributed by atoms with E-state index in [1.807, 2.05) is 6.07 Å². The van der Waals surface area contributed by atoms with E-state index in [0.717, 1.165) is 17.7 Å². The minimum atomic E-state index is -1.06. The van der Waals surface area contributed by atoms with E-state index in [1.54, 1.807) is 30.6 Å². The van der Waals surface area contributed by atoms with Crippen molar-refractivity contribution in [1.82, 2.24) is 9.88 Å². The molecule has 0 aliphatic rings. The van der Waals surface area contributed by atoms with Crippen molar-refractivity contribution in [2.45, 2.75) is 13.1 Å². The average molecular weight is 328 g/mol. The number of pyridine rings is 1. The van der Waals surface area contributed by atoms with E-state index in [2.05, 4.69) is 4.98 Å². The Bertz CT molecular complexity index is 820. The van der Waals surface area contributed by atoms with Crippen LogP contribution in [-0.4, -0.2) is 15.8 Å². The van der Waals surface area contributed by atoms with E-state index >= 15 is 0 Å². The Balaban J connectivity index is 1.87. The average Bonchev–Trinajstić information content (AvgIpc) is 3.10. The number of carbonyl (C=O) groups is 1. The van der Waals surface area contributed by atoms with Crippen molar-refractivity contribution in [3.63, 3.8) is 0 Å². The van der Waals surface area contributed by atoms with Crippen molar-refractivity contribution in [2.24, 2.45) is 0 Å². The fraction of sp³-hybridized carbons (Fsp3) is 0.111. The van der Waals surface area contributed by atoms with Gasteiger partial charge in [0.2, 0.25) is 0 Å². The number of carbonyl (C=O) groups excluding carboxylic acids is 1. The molecule has 24 heavy (non-hydrogen) atoms. The summed E-state index contributed by atoms with van der Waals surface area (Å²) in [5.74, 6) is -1.87. The van der Waals surface area contributed by atoms with Crippen LogP contribution in [0.4, 0.5) is 8.78 Å². The van der Waals surface area contributed by atoms with E-state index in [0.29, 0.717) is 5.76 Å². The highest BCUT2D eigenvalue weighted by molar-refractivity contribution is 5.94. The fourth-order valence-corrected chi connectivity index (χ4v) is 2.31. The number of hydrogen-bond donors (Lipinski definition) is 0. The van der Waals surface area contributed by atoms with Crippen LogP contribution in [0.3, 0.4) is 0 Å². The number of rotatable bonds is 5. The molecular weight excluding hydrogens is 314 g/mol. The normalized spacial score (nSPS) is 10.6. The molecular formula is C18H14F2N2O2. The molecule has 122 valence electrons. The standard InChI is InChI=1S/C18H14F2N2O2/c19-16-6-5-14(9-17(16)20)18(23)22(12-15-4-2-8-24-15)11-13-3-1-7-21-10-13/h1-10H,11-12H2. The number of nitrogens with zero attached hydrogens (tertiary/aromatic N) is 2. The Morgan fingerprint density at radius 2 is 1.96 bits per heavy atom. The summed E-state index contributed by atoms with van der Waals surface area (Å²) in [5.41, 5.74) is 0.893. The van der Waals surface area contributed by atoms with Gasteiger partial charge in [-0.3, -0.25) is 9.78 Å². The molecule has 0 saturated carbocycles. The lowest BCUT2D eigenvalue weighted by Crippen LogP contribution is -2.30. The summed E-state index contributed by atoms with van der Waals surface area (Å²) in [4.78, 5) is 18.2. The molecule has 2 aromatic heterocycles. The molecule has 0 saturated heterocycles. The highest BCUT2D eigenvalue weighted by Gasteiger charge is 2.19. The fourth-order valence-electron chi connectivity index (χ4n) is 2.31. The number of amides is 1. The first-order valence-corrected chi connectivity index (χ1v) is 7.29. The van der Waals surface area contributed by atoms with E-state index in [-0.39, 0.29) is 18.7 Å². The molecule has 3 rings (SSSR count). The lowest BCUT2D eigenvalue weighted by atomic mass is 10.1. The number of aromatic nitrogens is 1. The van der Waals surface area contributed by atoms with Crippen LogP contribution in [0.15, 0.2) is 65.5 Å². The molecule has 0 bridgehead atoms. The van der Waals surface area contributed by atoms with Gasteiger partial charge in [0.1, 0.15) is 5.76 Å². The van der Waals surface area contributed by atoms with E-state index < -0.39 is 17.5 Å². The second-order valence-corrected chi connectivity index (χ2v) is 5.23. The Morgan fingerprint density at radius 1 is 1.08 bits per heavy atom. The summed E-state index contributed by atoms with van der Waals surface area (Å²) in [6.45, 7) is 0.478. The molecule has 6 heteroatoms. The summed E-state index contributed by atoms with van der Waals surface area (Å²) in [7, 11) is 0. The summed E-state index contributed by atoms with van der Waals surface area (Å²) in [5, 5.41) is 0. The van der Waals surface area contributed by atoms with Crippen molar-refractivity contribution < 1.29 is 18.0 Å². The van der Waals surface area contributed by atoms with Gasteiger partial charge in [0.25, 0.3) is 5.91 Å². The maximum atomic E-state index is 13.4. The van der Waals surface area contributed by atoms with Crippen LogP contribution in [-0.2, 0) is 13.1 Å². The van der Waals surface area contributed by atoms with E-state index in [9.17, 15) is 13.6 Å². The van der Waals surface area contributed by atoms with Crippen molar-refractivity contribution in [3.05, 3.63) is 89.6 Å². The Labute approximate surface area is 137 Å². The van der Waals surface area contributed by atoms with Crippen LogP contribution in [0.25, 0.3) is 0 Å². The number of halogens is 2. The zero-order valence-corrected chi connectivity index (χ0v) is 12.7. The van der Waals surface area contributed by atoms with E-state index in [1.165, 1.54) is 17.2 Å². The third kappa shape index (κ3) is 3.65. The van der Waals surface area contributed by atoms with Crippen LogP contribution in [0.5, 0.6) is 0 Å². The van der Waals surface area contributed by atoms with Crippen molar-refractivity contribution in [1.29, 1.82) is 0 Å². The Hall–Kier alpha value is -3.02. The van der Waals surface area contributed by atoms with Gasteiger partial charge < -0.3 is 9.32 Å². The molecule has 4 nitrogen and oxygen atoms in total. The molecule has 0 aliphatic heterocycles. The monoisotopic (exact) mass is 328 g/mol. The predicted octanol–water partition coefficient (Wildman–Crippen LogP) is 3.80. The van der Waals surface area contributed by atoms with Crippen LogP contribution >= 0.6 is 0 Å². The summed E-state index contributed by atoms with van der Waals surface area (Å²) >= 11 is 0. The first kappa shape index (κ1) is 15.9. The molecule has 0 spiro atoms. The first-order chi connectivity index (χ1) is 11.6. The summed E-state index contributed by atoms with van der Waals surface area (Å²) in [6.07, 6.45) is 4.80. The van der Waals surface area contributed by atoms with Crippen LogP contribution in [0, 0.1) is 11.6 Å². The van der Waals surface area contributed by atoms with Crippen LogP contribution in [0.1, 0.15) is 21.7 Å². The Kier molecular flexibility index (Phi) is 4.65. The van der Waals surface area contributed by atoms with Gasteiger partial charge in [-0.05, 0) is 42.0 Å². The van der Waals surface area contributed by atoms with Gasteiger partial charge in [-0.1, -0.05) is 6.07 Å². The summed E-state index contributed by atoms with van der Waals surface area (Å²) in [6, 6.07) is 10.2. The molecule has 0 unspecified atom stereocenters. The quantitative estimate of drug-likeness (QED) is 0.716. The maximum absolute atomic E-state index is 13.4. The van der Waals surface area contributed by atoms with Crippen LogP contribution < -0.4 is 0 Å². The molecule has 0 N–H and O–H groups in total. The molecule has 0 radical (unpaired) electrons. The van der Waals surface area contributed by atoms with Gasteiger partial charge in [-0.2, -0.15) is 0 Å². The number of benzene rings is 1. The third-order valence-electron chi connectivity index (χ3n) is 3.48. The second-order valence-electron chi connectivity index (χ2n) is 5.23. The van der Waals surface area contributed by atoms with Crippen LogP contribution in [0.2, 0.25) is 0 Å². The van der Waals surface area contributed by atoms with Crippen molar-refractivity contribution >= 4 is 5.91 Å². The van der Waals surface area contributed by atoms with Gasteiger partial charge in [0.15, 0.2) is 11.6 Å². The second kappa shape index (κ2) is 7.04. The van der Waals surface area contributed by atoms with Gasteiger partial charge in [0, 0.05) is 24.5 Å². The lowest BCUT2D eigenvalue weighted by Gasteiger charge is -2.22. The molecule has 0 fully saturated rings. The van der Waals surface area contributed by atoms with Gasteiger partial charge in [-0.25, -0.2) is 8.78 Å². The third-order valence-corrected chi connectivity index (χ3v) is 3.48. The number of furan rings is 1. The maximum Gasteiger partial charge on any atom is 0.254 e. The van der Waals surface area contributed by atoms with E-state index in [4.69, 9.17) is 4.42 Å². The lowest BCUT2D eigenvalue weighted by molar-refractivity contribution is 0.0717. The Morgan fingerprint density at radius 3 is 2.62 bits per heavy atom. The van der Waals surface area contributed by atoms with Crippen molar-refractivity contribution in [2.75, 3.05) is 0 Å². The van der Waals surface area contributed by atoms with Gasteiger partial charge in [-0.15, -0.1) is 0 Å². The van der Waals surface area contributed by atoms with Gasteiger partial charge >= 0.3 is 0 Å². The molecule has 0 atom stereocenters. The SMILES string of the molecule is O=C(c1ccc(F)c(F)c1)N(Cc1cccnc1)Cc1ccco1. The highest BCUT2D eigenvalue weighted by atomic mass is 19.2. The minimum absolute atomic E-state index is 0.0735. The zero-order valence-electron chi connectivity index (χ0n) is 12.7. The molecule has 1 amide bonds. The number of hydrogen-bond acceptors (Lipinski definition) is 3. The molecule has 3 aromatic rings. The largest absolute Gasteiger partial charge is 0.467 e. The predicted molar refractivity (Wildman–Crippen MR) is 82.9 cm³/mol. The topological polar surface area (TPSA) is 46.3 Å².